The molecule has 0 amide bonds. The second-order valence-electron chi connectivity index (χ2n) is 9.65. The highest BCUT2D eigenvalue weighted by Gasteiger charge is 2.41. The molecule has 2 heterocycles. The molecule has 2 aromatic heterocycles. The maximum absolute atomic E-state index is 14.3. The van der Waals surface area contributed by atoms with Crippen LogP contribution in [0.2, 0.25) is 0 Å². The van der Waals surface area contributed by atoms with Crippen LogP contribution in [0.5, 0.6) is 11.5 Å². The first-order valence-electron chi connectivity index (χ1n) is 12.9. The summed E-state index contributed by atoms with van der Waals surface area (Å²) < 4.78 is 103. The van der Waals surface area contributed by atoms with E-state index in [1.54, 1.807) is 25.1 Å². The Morgan fingerprint density at radius 2 is 1.62 bits per heavy atom. The van der Waals surface area contributed by atoms with E-state index in [4.69, 9.17) is 4.74 Å². The normalized spacial score (nSPS) is 11.8. The lowest BCUT2D eigenvalue weighted by atomic mass is 10.00. The Morgan fingerprint density at radius 1 is 0.911 bits per heavy atom. The Hall–Kier alpha value is -5.40. The summed E-state index contributed by atoms with van der Waals surface area (Å²) in [7, 11) is 0. The van der Waals surface area contributed by atoms with E-state index >= 15 is 0 Å². The van der Waals surface area contributed by atoms with Gasteiger partial charge in [-0.1, -0.05) is 36.4 Å². The molecule has 232 valence electrons. The van der Waals surface area contributed by atoms with Gasteiger partial charge >= 0.3 is 18.5 Å². The molecule has 5 rings (SSSR count). The van der Waals surface area contributed by atoms with Crippen molar-refractivity contribution in [1.82, 2.24) is 14.8 Å². The fourth-order valence-corrected chi connectivity index (χ4v) is 4.51. The molecule has 5 aromatic rings. The van der Waals surface area contributed by atoms with Crippen molar-refractivity contribution in [2.75, 3.05) is 0 Å². The number of aromatic nitrogens is 3. The molecule has 0 saturated heterocycles. The highest BCUT2D eigenvalue weighted by Crippen LogP contribution is 2.35. The monoisotopic (exact) mass is 631 g/mol. The molecule has 0 bridgehead atoms. The average Bonchev–Trinajstić information content (AvgIpc) is 3.43. The molecular weight excluding hydrogens is 611 g/mol. The SMILES string of the molecule is Cc1cc(-c2ccc(OC(F)(F)F)cc2)ccc1COc1cc(F)ccc1-c1cccc(-n2ncc(C(=O)O)c2C(F)(F)F)n1. The van der Waals surface area contributed by atoms with Crippen LogP contribution in [0.4, 0.5) is 30.7 Å². The van der Waals surface area contributed by atoms with Crippen LogP contribution >= 0.6 is 0 Å². The van der Waals surface area contributed by atoms with Gasteiger partial charge < -0.3 is 14.6 Å². The molecule has 0 aliphatic rings. The van der Waals surface area contributed by atoms with Crippen molar-refractivity contribution in [1.29, 1.82) is 0 Å². The molecule has 0 fully saturated rings. The second-order valence-corrected chi connectivity index (χ2v) is 9.65. The largest absolute Gasteiger partial charge is 0.573 e. The Bertz CT molecular complexity index is 1870. The van der Waals surface area contributed by atoms with Crippen LogP contribution in [0, 0.1) is 12.7 Å². The van der Waals surface area contributed by atoms with Gasteiger partial charge in [-0.3, -0.25) is 0 Å². The van der Waals surface area contributed by atoms with Gasteiger partial charge in [0.1, 0.15) is 29.5 Å². The van der Waals surface area contributed by atoms with Gasteiger partial charge in [0.25, 0.3) is 0 Å². The lowest BCUT2D eigenvalue weighted by molar-refractivity contribution is -0.274. The van der Waals surface area contributed by atoms with Gasteiger partial charge in [-0.15, -0.1) is 13.2 Å². The first-order chi connectivity index (χ1) is 21.2. The number of hydrogen-bond acceptors (Lipinski definition) is 5. The number of aromatic carboxylic acids is 1. The van der Waals surface area contributed by atoms with Gasteiger partial charge in [-0.25, -0.2) is 18.9 Å². The molecule has 7 nitrogen and oxygen atoms in total. The number of carbonyl (C=O) groups is 1. The molecule has 1 N–H and O–H groups in total. The second kappa shape index (κ2) is 11.9. The molecule has 0 aliphatic carbocycles. The Labute approximate surface area is 250 Å². The number of carboxylic acid groups (broad SMARTS) is 1. The fraction of sp³-hybridized carbons (Fsp3) is 0.129. The van der Waals surface area contributed by atoms with Crippen molar-refractivity contribution in [3.05, 3.63) is 113 Å². The number of pyridine rings is 1. The summed E-state index contributed by atoms with van der Waals surface area (Å²) in [6.07, 6.45) is -9.27. The number of alkyl halides is 6. The van der Waals surface area contributed by atoms with Gasteiger partial charge in [-0.05, 0) is 65.6 Å². The average molecular weight is 632 g/mol. The van der Waals surface area contributed by atoms with Gasteiger partial charge in [0, 0.05) is 11.6 Å². The lowest BCUT2D eigenvalue weighted by Crippen LogP contribution is -2.18. The van der Waals surface area contributed by atoms with Crippen molar-refractivity contribution < 1.29 is 50.1 Å². The van der Waals surface area contributed by atoms with E-state index in [1.165, 1.54) is 48.5 Å². The number of aryl methyl sites for hydroxylation is 1. The minimum absolute atomic E-state index is 0.0334. The van der Waals surface area contributed by atoms with Gasteiger partial charge in [0.15, 0.2) is 11.5 Å². The van der Waals surface area contributed by atoms with Crippen LogP contribution in [-0.4, -0.2) is 32.2 Å². The van der Waals surface area contributed by atoms with E-state index in [2.05, 4.69) is 14.8 Å². The minimum Gasteiger partial charge on any atom is -0.488 e. The quantitative estimate of drug-likeness (QED) is 0.174. The summed E-state index contributed by atoms with van der Waals surface area (Å²) in [5, 5.41) is 12.8. The summed E-state index contributed by atoms with van der Waals surface area (Å²) in [6, 6.07) is 18.2. The molecule has 45 heavy (non-hydrogen) atoms. The number of ether oxygens (including phenoxy) is 2. The van der Waals surface area contributed by atoms with Crippen LogP contribution < -0.4 is 9.47 Å². The third-order valence-electron chi connectivity index (χ3n) is 6.59. The fourth-order valence-electron chi connectivity index (χ4n) is 4.51. The zero-order valence-electron chi connectivity index (χ0n) is 22.9. The highest BCUT2D eigenvalue weighted by molar-refractivity contribution is 5.89. The molecule has 14 heteroatoms. The van der Waals surface area contributed by atoms with Crippen LogP contribution in [0.15, 0.2) is 85.1 Å². The standard InChI is InChI=1S/C31H20F7N3O4/c1-17-13-19(18-7-10-22(11-8-18)45-31(36,37)38)5-6-20(17)16-44-26-14-21(32)9-12-23(26)25-3-2-4-27(40-25)41-28(30(33,34)35)24(15-39-41)29(42)43/h2-15H,16H2,1H3,(H,42,43). The van der Waals surface area contributed by atoms with Crippen LogP contribution in [0.25, 0.3) is 28.2 Å². The van der Waals surface area contributed by atoms with Crippen molar-refractivity contribution in [2.24, 2.45) is 0 Å². The predicted molar refractivity (Wildman–Crippen MR) is 146 cm³/mol. The number of rotatable bonds is 8. The number of hydrogen-bond donors (Lipinski definition) is 1. The third-order valence-corrected chi connectivity index (χ3v) is 6.59. The van der Waals surface area contributed by atoms with E-state index in [9.17, 15) is 40.6 Å². The number of carboxylic acids is 1. The van der Waals surface area contributed by atoms with E-state index < -0.39 is 35.6 Å². The first-order valence-corrected chi connectivity index (χ1v) is 12.9. The molecule has 0 aliphatic heterocycles. The van der Waals surface area contributed by atoms with E-state index in [0.717, 1.165) is 17.7 Å². The molecule has 0 radical (unpaired) electrons. The Morgan fingerprint density at radius 3 is 2.27 bits per heavy atom. The predicted octanol–water partition coefficient (Wildman–Crippen LogP) is 8.24. The number of halogens is 7. The molecular formula is C31H20F7N3O4. The summed E-state index contributed by atoms with van der Waals surface area (Å²) in [5.74, 6) is -3.10. The van der Waals surface area contributed by atoms with Gasteiger partial charge in [0.05, 0.1) is 11.9 Å². The maximum Gasteiger partial charge on any atom is 0.573 e. The van der Waals surface area contributed by atoms with Crippen LogP contribution in [-0.2, 0) is 12.8 Å². The smallest absolute Gasteiger partial charge is 0.488 e. The molecule has 0 atom stereocenters. The molecule has 0 spiro atoms. The van der Waals surface area contributed by atoms with Gasteiger partial charge in [-0.2, -0.15) is 18.3 Å². The van der Waals surface area contributed by atoms with Crippen molar-refractivity contribution in [3.8, 4) is 39.7 Å². The van der Waals surface area contributed by atoms with Crippen LogP contribution in [0.3, 0.4) is 0 Å². The summed E-state index contributed by atoms with van der Waals surface area (Å²) in [6.45, 7) is 1.74. The lowest BCUT2D eigenvalue weighted by Gasteiger charge is -2.15. The van der Waals surface area contributed by atoms with Crippen molar-refractivity contribution >= 4 is 5.97 Å². The molecule has 3 aromatic carbocycles. The van der Waals surface area contributed by atoms with Crippen molar-refractivity contribution in [2.45, 2.75) is 26.1 Å². The summed E-state index contributed by atoms with van der Waals surface area (Å²) >= 11 is 0. The number of nitrogens with zero attached hydrogens (tertiary/aromatic N) is 3. The maximum atomic E-state index is 14.3. The number of benzene rings is 3. The summed E-state index contributed by atoms with van der Waals surface area (Å²) in [4.78, 5) is 15.6. The van der Waals surface area contributed by atoms with E-state index in [1.807, 2.05) is 0 Å². The zero-order chi connectivity index (χ0) is 32.5. The highest BCUT2D eigenvalue weighted by atomic mass is 19.4. The molecule has 0 unspecified atom stereocenters. The summed E-state index contributed by atoms with van der Waals surface area (Å²) in [5.41, 5.74) is 0.592. The molecule has 0 saturated carbocycles. The van der Waals surface area contributed by atoms with Gasteiger partial charge in [0.2, 0.25) is 0 Å². The topological polar surface area (TPSA) is 86.5 Å². The Kier molecular flexibility index (Phi) is 8.24. The van der Waals surface area contributed by atoms with Crippen LogP contribution in [0.1, 0.15) is 27.2 Å². The van der Waals surface area contributed by atoms with E-state index in [-0.39, 0.29) is 35.2 Å². The Balaban J connectivity index is 1.40. The van der Waals surface area contributed by atoms with E-state index in [0.29, 0.717) is 27.6 Å². The van der Waals surface area contributed by atoms with Crippen molar-refractivity contribution in [3.63, 3.8) is 0 Å². The first kappa shape index (κ1) is 31.0. The zero-order valence-corrected chi connectivity index (χ0v) is 22.9. The minimum atomic E-state index is -5.05. The third kappa shape index (κ3) is 7.06.